The number of hydrogen-bond acceptors (Lipinski definition) is 3. The number of carbonyl (C=O) groups is 2. The molecular weight excluding hydrogens is 412 g/mol. The smallest absolute Gasteiger partial charge is 0.249 e. The molecule has 0 bridgehead atoms. The first-order valence-corrected chi connectivity index (χ1v) is 9.96. The van der Waals surface area contributed by atoms with E-state index in [9.17, 15) is 9.59 Å². The molecule has 0 aliphatic carbocycles. The van der Waals surface area contributed by atoms with Crippen molar-refractivity contribution in [3.8, 4) is 0 Å². The van der Waals surface area contributed by atoms with Crippen LogP contribution in [-0.4, -0.2) is 21.8 Å². The number of amides is 2. The Labute approximate surface area is 183 Å². The largest absolute Gasteiger partial charge is 0.366 e. The first-order chi connectivity index (χ1) is 15.0. The van der Waals surface area contributed by atoms with Crippen LogP contribution in [0.1, 0.15) is 16.7 Å². The highest BCUT2D eigenvalue weighted by molar-refractivity contribution is 6.30. The second-order valence-electron chi connectivity index (χ2n) is 6.97. The number of anilines is 1. The van der Waals surface area contributed by atoms with Gasteiger partial charge in [-0.3, -0.25) is 9.59 Å². The van der Waals surface area contributed by atoms with E-state index in [1.807, 2.05) is 36.4 Å². The van der Waals surface area contributed by atoms with Crippen LogP contribution < -0.4 is 11.1 Å². The van der Waals surface area contributed by atoms with E-state index in [-0.39, 0.29) is 12.3 Å². The molecule has 4 rings (SSSR count). The van der Waals surface area contributed by atoms with Crippen LogP contribution in [0, 0.1) is 0 Å². The highest BCUT2D eigenvalue weighted by Crippen LogP contribution is 2.29. The van der Waals surface area contributed by atoms with Gasteiger partial charge in [0.1, 0.15) is 5.65 Å². The summed E-state index contributed by atoms with van der Waals surface area (Å²) in [7, 11) is 0. The number of fused-ring (bicyclic) bond motifs is 1. The fourth-order valence-electron chi connectivity index (χ4n) is 3.40. The molecule has 0 atom stereocenters. The van der Waals surface area contributed by atoms with Gasteiger partial charge < -0.3 is 16.0 Å². The molecule has 31 heavy (non-hydrogen) atoms. The Kier molecular flexibility index (Phi) is 5.82. The van der Waals surface area contributed by atoms with E-state index >= 15 is 0 Å². The van der Waals surface area contributed by atoms with Gasteiger partial charge in [-0.05, 0) is 35.4 Å². The quantitative estimate of drug-likeness (QED) is 0.394. The molecule has 7 heteroatoms. The Bertz CT molecular complexity index is 1300. The molecule has 4 aromatic rings. The van der Waals surface area contributed by atoms with Gasteiger partial charge in [0, 0.05) is 33.9 Å². The SMILES string of the molecule is NC(=O)C(=Cc1c[nH]c2nccc(NC(=O)Cc3cccc(Cl)c3)c12)c1ccccc1. The van der Waals surface area contributed by atoms with E-state index in [0.29, 0.717) is 38.4 Å². The van der Waals surface area contributed by atoms with Gasteiger partial charge in [-0.25, -0.2) is 4.98 Å². The molecule has 154 valence electrons. The highest BCUT2D eigenvalue weighted by atomic mass is 35.5. The maximum Gasteiger partial charge on any atom is 0.249 e. The molecule has 0 fully saturated rings. The Morgan fingerprint density at radius 1 is 1.10 bits per heavy atom. The molecule has 2 aromatic carbocycles. The van der Waals surface area contributed by atoms with Crippen molar-refractivity contribution in [1.82, 2.24) is 9.97 Å². The zero-order valence-corrected chi connectivity index (χ0v) is 17.2. The average molecular weight is 431 g/mol. The number of nitrogens with zero attached hydrogens (tertiary/aromatic N) is 1. The summed E-state index contributed by atoms with van der Waals surface area (Å²) in [6.07, 6.45) is 5.21. The topological polar surface area (TPSA) is 101 Å². The Morgan fingerprint density at radius 2 is 1.90 bits per heavy atom. The molecular formula is C24H19ClN4O2. The van der Waals surface area contributed by atoms with Gasteiger partial charge in [0.05, 0.1) is 12.1 Å². The van der Waals surface area contributed by atoms with Gasteiger partial charge in [-0.15, -0.1) is 0 Å². The highest BCUT2D eigenvalue weighted by Gasteiger charge is 2.14. The van der Waals surface area contributed by atoms with Gasteiger partial charge in [-0.1, -0.05) is 54.1 Å². The molecule has 2 amide bonds. The fourth-order valence-corrected chi connectivity index (χ4v) is 3.61. The number of nitrogens with two attached hydrogens (primary N) is 1. The van der Waals surface area contributed by atoms with Crippen molar-refractivity contribution >= 4 is 51.8 Å². The van der Waals surface area contributed by atoms with Crippen molar-refractivity contribution in [2.45, 2.75) is 6.42 Å². The fraction of sp³-hybridized carbons (Fsp3) is 0.0417. The lowest BCUT2D eigenvalue weighted by Gasteiger charge is -2.08. The van der Waals surface area contributed by atoms with Gasteiger partial charge in [0.25, 0.3) is 0 Å². The maximum atomic E-state index is 12.6. The summed E-state index contributed by atoms with van der Waals surface area (Å²) < 4.78 is 0. The van der Waals surface area contributed by atoms with Crippen molar-refractivity contribution in [3.05, 3.63) is 94.8 Å². The Hall–Kier alpha value is -3.90. The van der Waals surface area contributed by atoms with Crippen LogP contribution in [-0.2, 0) is 16.0 Å². The standard InChI is InChI=1S/C24H19ClN4O2/c25-18-8-4-5-15(11-18)12-21(30)29-20-9-10-27-24-22(20)17(14-28-24)13-19(23(26)31)16-6-2-1-3-7-16/h1-11,13-14H,12H2,(H2,26,31)(H2,27,28,29,30). The number of benzene rings is 2. The molecule has 2 heterocycles. The van der Waals surface area contributed by atoms with E-state index in [2.05, 4.69) is 15.3 Å². The summed E-state index contributed by atoms with van der Waals surface area (Å²) in [6, 6.07) is 18.1. The van der Waals surface area contributed by atoms with E-state index in [0.717, 1.165) is 5.56 Å². The predicted octanol–water partition coefficient (Wildman–Crippen LogP) is 4.42. The molecule has 0 unspecified atom stereocenters. The predicted molar refractivity (Wildman–Crippen MR) is 123 cm³/mol. The van der Waals surface area contributed by atoms with Gasteiger partial charge in [-0.2, -0.15) is 0 Å². The van der Waals surface area contributed by atoms with Crippen molar-refractivity contribution < 1.29 is 9.59 Å². The minimum atomic E-state index is -0.545. The van der Waals surface area contributed by atoms with E-state index in [1.165, 1.54) is 0 Å². The number of primary amides is 1. The number of rotatable bonds is 6. The number of hydrogen-bond donors (Lipinski definition) is 3. The lowest BCUT2D eigenvalue weighted by molar-refractivity contribution is -0.115. The third-order valence-electron chi connectivity index (χ3n) is 4.78. The second kappa shape index (κ2) is 8.85. The molecule has 0 aliphatic heterocycles. The second-order valence-corrected chi connectivity index (χ2v) is 7.41. The number of halogens is 1. The molecule has 0 saturated heterocycles. The normalized spacial score (nSPS) is 11.5. The van der Waals surface area contributed by atoms with Crippen LogP contribution in [0.25, 0.3) is 22.7 Å². The van der Waals surface area contributed by atoms with Crippen molar-refractivity contribution in [2.24, 2.45) is 5.73 Å². The summed E-state index contributed by atoms with van der Waals surface area (Å²) in [4.78, 5) is 32.1. The molecule has 0 radical (unpaired) electrons. The lowest BCUT2D eigenvalue weighted by Crippen LogP contribution is -2.15. The zero-order valence-electron chi connectivity index (χ0n) is 16.4. The van der Waals surface area contributed by atoms with Gasteiger partial charge >= 0.3 is 0 Å². The minimum absolute atomic E-state index is 0.177. The number of H-pyrrole nitrogens is 1. The van der Waals surface area contributed by atoms with Crippen LogP contribution in [0.15, 0.2) is 73.1 Å². The molecule has 0 spiro atoms. The maximum absolute atomic E-state index is 12.6. The van der Waals surface area contributed by atoms with Crippen molar-refractivity contribution in [2.75, 3.05) is 5.32 Å². The van der Waals surface area contributed by atoms with Crippen LogP contribution >= 0.6 is 11.6 Å². The number of aromatic nitrogens is 2. The van der Waals surface area contributed by atoms with Gasteiger partial charge in [0.15, 0.2) is 0 Å². The Morgan fingerprint density at radius 3 is 2.65 bits per heavy atom. The summed E-state index contributed by atoms with van der Waals surface area (Å²) in [5, 5.41) is 4.20. The third-order valence-corrected chi connectivity index (χ3v) is 5.02. The van der Waals surface area contributed by atoms with Crippen LogP contribution in [0.5, 0.6) is 0 Å². The van der Waals surface area contributed by atoms with Crippen molar-refractivity contribution in [1.29, 1.82) is 0 Å². The van der Waals surface area contributed by atoms with E-state index in [1.54, 1.807) is 42.7 Å². The summed E-state index contributed by atoms with van der Waals surface area (Å²) >= 11 is 6.01. The average Bonchev–Trinajstić information content (AvgIpc) is 3.16. The van der Waals surface area contributed by atoms with Crippen LogP contribution in [0.3, 0.4) is 0 Å². The molecule has 2 aromatic heterocycles. The number of aromatic amines is 1. The summed E-state index contributed by atoms with van der Waals surface area (Å²) in [5.41, 5.74) is 9.38. The van der Waals surface area contributed by atoms with Crippen molar-refractivity contribution in [3.63, 3.8) is 0 Å². The Balaban J connectivity index is 1.69. The third kappa shape index (κ3) is 4.65. The van der Waals surface area contributed by atoms with E-state index in [4.69, 9.17) is 17.3 Å². The summed E-state index contributed by atoms with van der Waals surface area (Å²) in [6.45, 7) is 0. The monoisotopic (exact) mass is 430 g/mol. The minimum Gasteiger partial charge on any atom is -0.366 e. The van der Waals surface area contributed by atoms with Crippen LogP contribution in [0.2, 0.25) is 5.02 Å². The molecule has 4 N–H and O–H groups in total. The van der Waals surface area contributed by atoms with Gasteiger partial charge in [0.2, 0.25) is 11.8 Å². The van der Waals surface area contributed by atoms with E-state index < -0.39 is 5.91 Å². The number of carbonyl (C=O) groups excluding carboxylic acids is 2. The van der Waals surface area contributed by atoms with Crippen LogP contribution in [0.4, 0.5) is 5.69 Å². The number of pyridine rings is 1. The first-order valence-electron chi connectivity index (χ1n) is 9.58. The first kappa shape index (κ1) is 20.4. The summed E-state index contributed by atoms with van der Waals surface area (Å²) in [5.74, 6) is -0.736. The molecule has 6 nitrogen and oxygen atoms in total. The number of nitrogens with one attached hydrogen (secondary N) is 2. The molecule has 0 aliphatic rings. The zero-order chi connectivity index (χ0) is 21.8. The lowest BCUT2D eigenvalue weighted by atomic mass is 10.0. The molecule has 0 saturated carbocycles.